The van der Waals surface area contributed by atoms with E-state index in [2.05, 4.69) is 0 Å². The molecule has 0 spiro atoms. The Labute approximate surface area is 104 Å². The Balaban J connectivity index is 2.38. The molecule has 1 unspecified atom stereocenters. The summed E-state index contributed by atoms with van der Waals surface area (Å²) in [5, 5.41) is 8.83. The Morgan fingerprint density at radius 2 is 2.18 bits per heavy atom. The Bertz CT molecular complexity index is 315. The minimum atomic E-state index is -3.18. The van der Waals surface area contributed by atoms with Crippen LogP contribution in [-0.2, 0) is 14.8 Å². The fraction of sp³-hybridized carbons (Fsp3) is 1.00. The third kappa shape index (κ3) is 4.91. The molecule has 1 fully saturated rings. The van der Waals surface area contributed by atoms with Crippen molar-refractivity contribution in [2.24, 2.45) is 5.92 Å². The number of rotatable bonds is 7. The molecule has 0 radical (unpaired) electrons. The molecule has 0 amide bonds. The van der Waals surface area contributed by atoms with Gasteiger partial charge in [-0.2, -0.15) is 0 Å². The SMILES string of the molecule is CC(C)OCCS(=O)(=O)N1CCC(CCO)C1. The second-order valence-corrected chi connectivity index (χ2v) is 6.85. The summed E-state index contributed by atoms with van der Waals surface area (Å²) in [5.74, 6) is 0.359. The molecule has 0 aromatic heterocycles. The van der Waals surface area contributed by atoms with Gasteiger partial charge >= 0.3 is 0 Å². The molecule has 1 aliphatic heterocycles. The summed E-state index contributed by atoms with van der Waals surface area (Å²) in [6, 6.07) is 0. The van der Waals surface area contributed by atoms with Gasteiger partial charge in [0.05, 0.1) is 18.5 Å². The topological polar surface area (TPSA) is 66.8 Å². The number of sulfonamides is 1. The van der Waals surface area contributed by atoms with E-state index in [4.69, 9.17) is 9.84 Å². The second kappa shape index (κ2) is 6.68. The average Bonchev–Trinajstić information content (AvgIpc) is 2.66. The predicted molar refractivity (Wildman–Crippen MR) is 66.3 cm³/mol. The van der Waals surface area contributed by atoms with E-state index in [-0.39, 0.29) is 25.1 Å². The van der Waals surface area contributed by atoms with Crippen LogP contribution in [0.4, 0.5) is 0 Å². The van der Waals surface area contributed by atoms with Crippen LogP contribution in [-0.4, -0.2) is 56.0 Å². The van der Waals surface area contributed by atoms with Crippen molar-refractivity contribution in [3.05, 3.63) is 0 Å². The highest BCUT2D eigenvalue weighted by atomic mass is 32.2. The lowest BCUT2D eigenvalue weighted by atomic mass is 10.1. The second-order valence-electron chi connectivity index (χ2n) is 4.76. The van der Waals surface area contributed by atoms with Gasteiger partial charge in [0.25, 0.3) is 0 Å². The third-order valence-electron chi connectivity index (χ3n) is 2.97. The standard InChI is InChI=1S/C11H23NO4S/c1-10(2)16-7-8-17(14,15)12-5-3-11(9-12)4-6-13/h10-11,13H,3-9H2,1-2H3. The maximum absolute atomic E-state index is 11.9. The first-order valence-corrected chi connectivity index (χ1v) is 7.77. The van der Waals surface area contributed by atoms with Crippen molar-refractivity contribution in [2.45, 2.75) is 32.8 Å². The number of aliphatic hydroxyl groups excluding tert-OH is 1. The molecule has 0 bridgehead atoms. The minimum absolute atomic E-state index is 0.0526. The highest BCUT2D eigenvalue weighted by Gasteiger charge is 2.30. The van der Waals surface area contributed by atoms with E-state index in [0.29, 0.717) is 25.4 Å². The van der Waals surface area contributed by atoms with E-state index >= 15 is 0 Å². The van der Waals surface area contributed by atoms with Crippen LogP contribution in [0.1, 0.15) is 26.7 Å². The van der Waals surface area contributed by atoms with Gasteiger partial charge in [-0.1, -0.05) is 0 Å². The summed E-state index contributed by atoms with van der Waals surface area (Å²) in [6.07, 6.45) is 1.60. The summed E-state index contributed by atoms with van der Waals surface area (Å²) in [5.41, 5.74) is 0. The summed E-state index contributed by atoms with van der Waals surface area (Å²) >= 11 is 0. The number of ether oxygens (including phenoxy) is 1. The zero-order valence-corrected chi connectivity index (χ0v) is 11.4. The van der Waals surface area contributed by atoms with Crippen LogP contribution in [0.5, 0.6) is 0 Å². The van der Waals surface area contributed by atoms with Crippen LogP contribution >= 0.6 is 0 Å². The number of nitrogens with zero attached hydrogens (tertiary/aromatic N) is 1. The quantitative estimate of drug-likeness (QED) is 0.725. The van der Waals surface area contributed by atoms with Crippen LogP contribution in [0.2, 0.25) is 0 Å². The van der Waals surface area contributed by atoms with Crippen molar-refractivity contribution in [2.75, 3.05) is 32.1 Å². The van der Waals surface area contributed by atoms with E-state index in [1.807, 2.05) is 13.8 Å². The lowest BCUT2D eigenvalue weighted by Gasteiger charge is -2.17. The van der Waals surface area contributed by atoms with Crippen molar-refractivity contribution in [1.82, 2.24) is 4.31 Å². The normalized spacial score (nSPS) is 22.5. The molecule has 0 aromatic rings. The van der Waals surface area contributed by atoms with E-state index in [1.165, 1.54) is 4.31 Å². The molecule has 1 heterocycles. The molecular formula is C11H23NO4S. The largest absolute Gasteiger partial charge is 0.396 e. The van der Waals surface area contributed by atoms with E-state index in [1.54, 1.807) is 0 Å². The Kier molecular flexibility index (Phi) is 5.85. The molecule has 1 atom stereocenters. The van der Waals surface area contributed by atoms with Gasteiger partial charge in [0.2, 0.25) is 10.0 Å². The molecule has 1 saturated heterocycles. The van der Waals surface area contributed by atoms with Crippen LogP contribution in [0.3, 0.4) is 0 Å². The van der Waals surface area contributed by atoms with Gasteiger partial charge in [0.15, 0.2) is 0 Å². The van der Waals surface area contributed by atoms with Gasteiger partial charge in [0.1, 0.15) is 0 Å². The molecule has 1 aliphatic rings. The molecule has 1 rings (SSSR count). The molecule has 102 valence electrons. The smallest absolute Gasteiger partial charge is 0.216 e. The highest BCUT2D eigenvalue weighted by molar-refractivity contribution is 7.89. The van der Waals surface area contributed by atoms with E-state index in [0.717, 1.165) is 6.42 Å². The fourth-order valence-electron chi connectivity index (χ4n) is 1.99. The van der Waals surface area contributed by atoms with Crippen molar-refractivity contribution < 1.29 is 18.3 Å². The Morgan fingerprint density at radius 1 is 1.47 bits per heavy atom. The minimum Gasteiger partial charge on any atom is -0.396 e. The maximum Gasteiger partial charge on any atom is 0.216 e. The summed E-state index contributed by atoms with van der Waals surface area (Å²) in [4.78, 5) is 0. The summed E-state index contributed by atoms with van der Waals surface area (Å²) in [7, 11) is -3.18. The van der Waals surface area contributed by atoms with Gasteiger partial charge in [-0.3, -0.25) is 0 Å². The number of aliphatic hydroxyl groups is 1. The highest BCUT2D eigenvalue weighted by Crippen LogP contribution is 2.22. The van der Waals surface area contributed by atoms with Gasteiger partial charge in [-0.15, -0.1) is 0 Å². The average molecular weight is 265 g/mol. The first-order chi connectivity index (χ1) is 7.95. The fourth-order valence-corrected chi connectivity index (χ4v) is 3.37. The first-order valence-electron chi connectivity index (χ1n) is 6.16. The Hall–Kier alpha value is -0.170. The number of hydrogen-bond donors (Lipinski definition) is 1. The van der Waals surface area contributed by atoms with E-state index in [9.17, 15) is 8.42 Å². The summed E-state index contributed by atoms with van der Waals surface area (Å²) < 4.78 is 30.7. The van der Waals surface area contributed by atoms with Crippen LogP contribution in [0.15, 0.2) is 0 Å². The van der Waals surface area contributed by atoms with E-state index < -0.39 is 10.0 Å². The maximum atomic E-state index is 11.9. The lowest BCUT2D eigenvalue weighted by Crippen LogP contribution is -2.33. The first kappa shape index (κ1) is 14.9. The summed E-state index contributed by atoms with van der Waals surface area (Å²) in [6.45, 7) is 5.29. The van der Waals surface area contributed by atoms with Crippen molar-refractivity contribution in [1.29, 1.82) is 0 Å². The molecule has 17 heavy (non-hydrogen) atoms. The van der Waals surface area contributed by atoms with Crippen molar-refractivity contribution >= 4 is 10.0 Å². The van der Waals surface area contributed by atoms with Crippen molar-refractivity contribution in [3.8, 4) is 0 Å². The van der Waals surface area contributed by atoms with Crippen LogP contribution in [0, 0.1) is 5.92 Å². The molecule has 6 heteroatoms. The molecule has 5 nitrogen and oxygen atoms in total. The van der Waals surface area contributed by atoms with Crippen LogP contribution < -0.4 is 0 Å². The van der Waals surface area contributed by atoms with Crippen LogP contribution in [0.25, 0.3) is 0 Å². The van der Waals surface area contributed by atoms with Gasteiger partial charge in [0, 0.05) is 19.7 Å². The van der Waals surface area contributed by atoms with Crippen molar-refractivity contribution in [3.63, 3.8) is 0 Å². The number of hydrogen-bond acceptors (Lipinski definition) is 4. The molecular weight excluding hydrogens is 242 g/mol. The zero-order chi connectivity index (χ0) is 12.9. The predicted octanol–water partition coefficient (Wildman–Crippen LogP) is 0.446. The third-order valence-corrected chi connectivity index (χ3v) is 4.77. The molecule has 1 N–H and O–H groups in total. The van der Waals surface area contributed by atoms with Gasteiger partial charge in [-0.25, -0.2) is 12.7 Å². The zero-order valence-electron chi connectivity index (χ0n) is 10.6. The monoisotopic (exact) mass is 265 g/mol. The molecule has 0 aliphatic carbocycles. The van der Waals surface area contributed by atoms with Gasteiger partial charge in [-0.05, 0) is 32.6 Å². The Morgan fingerprint density at radius 3 is 2.76 bits per heavy atom. The molecule has 0 saturated carbocycles. The van der Waals surface area contributed by atoms with Gasteiger partial charge < -0.3 is 9.84 Å². The lowest BCUT2D eigenvalue weighted by molar-refractivity contribution is 0.0907. The molecule has 0 aromatic carbocycles.